The summed E-state index contributed by atoms with van der Waals surface area (Å²) in [7, 11) is 3.79. The van der Waals surface area contributed by atoms with Gasteiger partial charge in [-0.1, -0.05) is 42.5 Å². The topological polar surface area (TPSA) is 86.3 Å². The van der Waals surface area contributed by atoms with Crippen LogP contribution < -0.4 is 14.8 Å². The monoisotopic (exact) mass is 534 g/mol. The van der Waals surface area contributed by atoms with Gasteiger partial charge in [0.25, 0.3) is 0 Å². The molecule has 0 radical (unpaired) electrons. The van der Waals surface area contributed by atoms with Crippen molar-refractivity contribution < 1.29 is 28.5 Å². The number of hydrogen-bond donors (Lipinski definition) is 1. The zero-order valence-electron chi connectivity index (χ0n) is 23.4. The number of carbonyl (C=O) groups excluding carboxylic acids is 2. The zero-order chi connectivity index (χ0) is 27.8. The number of rotatable bonds is 6. The molecule has 39 heavy (non-hydrogen) atoms. The lowest BCUT2D eigenvalue weighted by Crippen LogP contribution is -2.48. The molecule has 208 valence electrons. The van der Waals surface area contributed by atoms with Crippen molar-refractivity contribution in [1.29, 1.82) is 0 Å². The van der Waals surface area contributed by atoms with E-state index in [-0.39, 0.29) is 17.9 Å². The van der Waals surface area contributed by atoms with E-state index in [1.54, 1.807) is 27.9 Å². The maximum absolute atomic E-state index is 13.4. The summed E-state index contributed by atoms with van der Waals surface area (Å²) in [5.74, 6) is 1.00. The Labute approximate surface area is 230 Å². The molecule has 8 heteroatoms. The van der Waals surface area contributed by atoms with Crippen molar-refractivity contribution in [2.24, 2.45) is 0 Å². The molecule has 0 aromatic heterocycles. The highest BCUT2D eigenvalue weighted by Crippen LogP contribution is 2.55. The van der Waals surface area contributed by atoms with Gasteiger partial charge in [-0.15, -0.1) is 0 Å². The van der Waals surface area contributed by atoms with Gasteiger partial charge in [0.2, 0.25) is 0 Å². The van der Waals surface area contributed by atoms with Crippen LogP contribution in [0.15, 0.2) is 54.6 Å². The highest BCUT2D eigenvalue weighted by atomic mass is 16.6. The first-order valence-corrected chi connectivity index (χ1v) is 13.6. The minimum Gasteiger partial charge on any atom is -0.493 e. The number of nitrogens with one attached hydrogen (secondary N) is 1. The summed E-state index contributed by atoms with van der Waals surface area (Å²) in [6, 6.07) is 12.7. The van der Waals surface area contributed by atoms with Crippen molar-refractivity contribution in [3.8, 4) is 11.5 Å². The predicted octanol–water partition coefficient (Wildman–Crippen LogP) is 4.54. The molecular formula is C31H38N2O6. The fourth-order valence-corrected chi connectivity index (χ4v) is 5.88. The summed E-state index contributed by atoms with van der Waals surface area (Å²) in [5, 5.41) is 2.72. The molecule has 2 aliphatic heterocycles. The van der Waals surface area contributed by atoms with Crippen LogP contribution in [0.4, 0.5) is 4.79 Å². The molecule has 0 bridgehead atoms. The maximum atomic E-state index is 13.4. The average Bonchev–Trinajstić information content (AvgIpc) is 3.14. The molecule has 2 aromatic carbocycles. The van der Waals surface area contributed by atoms with Gasteiger partial charge in [-0.05, 0) is 64.1 Å². The van der Waals surface area contributed by atoms with Crippen LogP contribution >= 0.6 is 0 Å². The minimum absolute atomic E-state index is 0.191. The van der Waals surface area contributed by atoms with Crippen molar-refractivity contribution in [2.75, 3.05) is 20.7 Å². The number of methoxy groups -OCH3 is 1. The van der Waals surface area contributed by atoms with Crippen molar-refractivity contribution in [3.63, 3.8) is 0 Å². The van der Waals surface area contributed by atoms with Gasteiger partial charge in [-0.2, -0.15) is 0 Å². The molecule has 1 aliphatic carbocycles. The van der Waals surface area contributed by atoms with E-state index in [9.17, 15) is 9.59 Å². The Morgan fingerprint density at radius 3 is 2.67 bits per heavy atom. The second kappa shape index (κ2) is 10.6. The van der Waals surface area contributed by atoms with E-state index in [1.807, 2.05) is 42.5 Å². The van der Waals surface area contributed by atoms with E-state index in [4.69, 9.17) is 18.9 Å². The molecule has 3 aliphatic rings. The fourth-order valence-electron chi connectivity index (χ4n) is 5.88. The van der Waals surface area contributed by atoms with Gasteiger partial charge in [-0.3, -0.25) is 0 Å². The highest BCUT2D eigenvalue weighted by molar-refractivity contribution is 5.82. The molecule has 2 heterocycles. The fraction of sp³-hybridized carbons (Fsp3) is 0.484. The van der Waals surface area contributed by atoms with Gasteiger partial charge in [0.05, 0.1) is 12.5 Å². The highest BCUT2D eigenvalue weighted by Gasteiger charge is 2.53. The largest absolute Gasteiger partial charge is 0.493 e. The Morgan fingerprint density at radius 2 is 1.95 bits per heavy atom. The molecule has 1 spiro atoms. The van der Waals surface area contributed by atoms with Crippen LogP contribution in [-0.2, 0) is 32.6 Å². The molecule has 1 amide bonds. The Hall–Kier alpha value is -3.52. The van der Waals surface area contributed by atoms with E-state index in [1.165, 1.54) is 11.1 Å². The Balaban J connectivity index is 1.36. The van der Waals surface area contributed by atoms with E-state index in [0.29, 0.717) is 6.42 Å². The zero-order valence-corrected chi connectivity index (χ0v) is 23.4. The third-order valence-corrected chi connectivity index (χ3v) is 7.66. The number of alkyl carbamates (subject to hydrolysis) is 1. The van der Waals surface area contributed by atoms with E-state index >= 15 is 0 Å². The van der Waals surface area contributed by atoms with Crippen molar-refractivity contribution in [2.45, 2.75) is 75.8 Å². The number of nitrogens with zero attached hydrogens (tertiary/aromatic N) is 1. The SMILES string of the molecule is COc1ccc2c3c1O[C@H]1C[C@@H](OC(=O)[C@H](Cc4ccccc4)NC(=O)OC(C)(C)C)C=CC31CCN(C)C2. The third-order valence-electron chi connectivity index (χ3n) is 7.66. The maximum Gasteiger partial charge on any atom is 0.408 e. The first-order chi connectivity index (χ1) is 18.6. The second-order valence-electron chi connectivity index (χ2n) is 11.7. The summed E-state index contributed by atoms with van der Waals surface area (Å²) in [4.78, 5) is 28.3. The molecular weight excluding hydrogens is 496 g/mol. The van der Waals surface area contributed by atoms with Crippen molar-refractivity contribution in [3.05, 3.63) is 71.3 Å². The molecule has 0 saturated carbocycles. The molecule has 4 atom stereocenters. The van der Waals surface area contributed by atoms with Gasteiger partial charge < -0.3 is 29.2 Å². The third kappa shape index (κ3) is 5.62. The smallest absolute Gasteiger partial charge is 0.408 e. The molecule has 1 unspecified atom stereocenters. The lowest BCUT2D eigenvalue weighted by molar-refractivity contribution is -0.151. The van der Waals surface area contributed by atoms with Gasteiger partial charge >= 0.3 is 12.1 Å². The minimum atomic E-state index is -0.897. The van der Waals surface area contributed by atoms with Gasteiger partial charge in [0.1, 0.15) is 23.9 Å². The quantitative estimate of drug-likeness (QED) is 0.430. The standard InChI is InChI=1S/C31H38N2O6/c1-30(2,3)39-29(35)32-23(17-20-9-7-6-8-10-20)28(34)37-22-13-14-31-15-16-33(4)19-21-11-12-24(36-5)27(26(21)31)38-25(31)18-22/h6-14,22-23,25H,15-19H2,1-5H3,(H,32,35)/t22-,23-,25-,31?/m0/s1. The lowest BCUT2D eigenvalue weighted by atomic mass is 9.69. The number of carbonyl (C=O) groups is 2. The molecule has 5 rings (SSSR count). The first-order valence-electron chi connectivity index (χ1n) is 13.6. The second-order valence-corrected chi connectivity index (χ2v) is 11.7. The predicted molar refractivity (Wildman–Crippen MR) is 147 cm³/mol. The van der Waals surface area contributed by atoms with Crippen LogP contribution in [-0.4, -0.2) is 61.5 Å². The summed E-state index contributed by atoms with van der Waals surface area (Å²) < 4.78 is 23.6. The van der Waals surface area contributed by atoms with Crippen LogP contribution in [0.5, 0.6) is 11.5 Å². The Bertz CT molecular complexity index is 1250. The van der Waals surface area contributed by atoms with Gasteiger partial charge in [-0.25, -0.2) is 9.59 Å². The van der Waals surface area contributed by atoms with Crippen LogP contribution in [0.1, 0.15) is 50.3 Å². The Kier molecular flexibility index (Phi) is 7.33. The number of ether oxygens (including phenoxy) is 4. The van der Waals surface area contributed by atoms with E-state index < -0.39 is 29.8 Å². The van der Waals surface area contributed by atoms with Crippen LogP contribution in [0.3, 0.4) is 0 Å². The van der Waals surface area contributed by atoms with Crippen LogP contribution in [0.2, 0.25) is 0 Å². The summed E-state index contributed by atoms with van der Waals surface area (Å²) in [6.45, 7) is 7.11. The molecule has 2 aromatic rings. The summed E-state index contributed by atoms with van der Waals surface area (Å²) in [5.41, 5.74) is 2.34. The average molecular weight is 535 g/mol. The normalized spacial score (nSPS) is 24.4. The molecule has 8 nitrogen and oxygen atoms in total. The summed E-state index contributed by atoms with van der Waals surface area (Å²) in [6.07, 6.45) is 4.51. The van der Waals surface area contributed by atoms with Gasteiger partial charge in [0.15, 0.2) is 11.5 Å². The number of benzene rings is 2. The van der Waals surface area contributed by atoms with Crippen molar-refractivity contribution in [1.82, 2.24) is 10.2 Å². The van der Waals surface area contributed by atoms with Crippen LogP contribution in [0, 0.1) is 0 Å². The number of esters is 1. The summed E-state index contributed by atoms with van der Waals surface area (Å²) >= 11 is 0. The lowest BCUT2D eigenvalue weighted by Gasteiger charge is -2.37. The van der Waals surface area contributed by atoms with Crippen LogP contribution in [0.25, 0.3) is 0 Å². The molecule has 0 fully saturated rings. The van der Waals surface area contributed by atoms with Gasteiger partial charge in [0, 0.05) is 24.9 Å². The number of hydrogen-bond acceptors (Lipinski definition) is 7. The molecule has 0 saturated heterocycles. The first kappa shape index (κ1) is 27.1. The number of amides is 1. The Morgan fingerprint density at radius 1 is 1.18 bits per heavy atom. The van der Waals surface area contributed by atoms with Crippen molar-refractivity contribution >= 4 is 12.1 Å². The molecule has 1 N–H and O–H groups in total. The van der Waals surface area contributed by atoms with E-state index in [0.717, 1.165) is 36.6 Å². The van der Waals surface area contributed by atoms with E-state index in [2.05, 4.69) is 29.4 Å².